The van der Waals surface area contributed by atoms with E-state index in [-0.39, 0.29) is 11.3 Å². The second-order valence-electron chi connectivity index (χ2n) is 5.39. The van der Waals surface area contributed by atoms with Crippen LogP contribution in [0.2, 0.25) is 0 Å². The molecule has 1 fully saturated rings. The molecule has 98 valence electrons. The highest BCUT2D eigenvalue weighted by atomic mass is 35.5. The minimum Gasteiger partial charge on any atom is -0.480 e. The number of alkyl halides is 1. The van der Waals surface area contributed by atoms with E-state index in [9.17, 15) is 9.90 Å². The summed E-state index contributed by atoms with van der Waals surface area (Å²) in [6.45, 7) is 8.18. The summed E-state index contributed by atoms with van der Waals surface area (Å²) in [5, 5.41) is 9.42. The van der Waals surface area contributed by atoms with E-state index in [2.05, 4.69) is 13.8 Å². The fraction of sp³-hybridized carbons (Fsp3) is 0.786. The largest absolute Gasteiger partial charge is 0.480 e. The van der Waals surface area contributed by atoms with Gasteiger partial charge in [-0.2, -0.15) is 0 Å². The Bertz CT molecular complexity index is 325. The van der Waals surface area contributed by atoms with E-state index in [1.165, 1.54) is 0 Å². The van der Waals surface area contributed by atoms with Crippen LogP contribution in [0.15, 0.2) is 11.6 Å². The molecule has 17 heavy (non-hydrogen) atoms. The van der Waals surface area contributed by atoms with Crippen LogP contribution >= 0.6 is 11.6 Å². The van der Waals surface area contributed by atoms with E-state index in [0.717, 1.165) is 31.3 Å². The number of aliphatic carboxylic acids is 1. The van der Waals surface area contributed by atoms with E-state index in [1.54, 1.807) is 0 Å². The zero-order valence-electron chi connectivity index (χ0n) is 11.2. The zero-order valence-corrected chi connectivity index (χ0v) is 12.0. The first-order chi connectivity index (χ1) is 7.86. The molecule has 0 aromatic heterocycles. The van der Waals surface area contributed by atoms with E-state index in [4.69, 9.17) is 11.6 Å². The van der Waals surface area contributed by atoms with Gasteiger partial charge in [0.05, 0.1) is 0 Å². The van der Waals surface area contributed by atoms with Crippen LogP contribution in [0.1, 0.15) is 53.4 Å². The van der Waals surface area contributed by atoms with Gasteiger partial charge < -0.3 is 5.11 Å². The number of halogens is 1. The van der Waals surface area contributed by atoms with Crippen LogP contribution in [0.3, 0.4) is 0 Å². The topological polar surface area (TPSA) is 37.3 Å². The number of carboxylic acids is 1. The van der Waals surface area contributed by atoms with E-state index in [0.29, 0.717) is 0 Å². The van der Waals surface area contributed by atoms with Crippen LogP contribution in [-0.2, 0) is 4.79 Å². The Kier molecular flexibility index (Phi) is 4.29. The van der Waals surface area contributed by atoms with Crippen molar-refractivity contribution in [1.82, 2.24) is 0 Å². The number of rotatable bonds is 6. The van der Waals surface area contributed by atoms with Crippen molar-refractivity contribution in [2.45, 2.75) is 58.3 Å². The molecular weight excluding hydrogens is 236 g/mol. The van der Waals surface area contributed by atoms with Crippen LogP contribution in [0.4, 0.5) is 0 Å². The monoisotopic (exact) mass is 258 g/mol. The van der Waals surface area contributed by atoms with Crippen LogP contribution in [0.5, 0.6) is 0 Å². The summed E-state index contributed by atoms with van der Waals surface area (Å²) in [5.41, 5.74) is 0.914. The third kappa shape index (κ3) is 2.12. The normalized spacial score (nSPS) is 29.8. The SMILES string of the molecule is CCCC1(CCC)C(C=C(C)C)C1(Cl)C(=O)O. The lowest BCUT2D eigenvalue weighted by atomic mass is 9.90. The van der Waals surface area contributed by atoms with Gasteiger partial charge in [-0.15, -0.1) is 11.6 Å². The summed E-state index contributed by atoms with van der Waals surface area (Å²) in [7, 11) is 0. The molecule has 1 aliphatic carbocycles. The van der Waals surface area contributed by atoms with Gasteiger partial charge in [0.1, 0.15) is 0 Å². The number of allylic oxidation sites excluding steroid dienone is 2. The molecule has 0 aromatic carbocycles. The van der Waals surface area contributed by atoms with Crippen molar-refractivity contribution in [3.63, 3.8) is 0 Å². The molecule has 2 atom stereocenters. The number of hydrogen-bond donors (Lipinski definition) is 1. The molecule has 1 saturated carbocycles. The summed E-state index contributed by atoms with van der Waals surface area (Å²) >= 11 is 6.43. The molecule has 0 bridgehead atoms. The van der Waals surface area contributed by atoms with E-state index in [1.807, 2.05) is 19.9 Å². The van der Waals surface area contributed by atoms with Gasteiger partial charge in [0.15, 0.2) is 4.87 Å². The van der Waals surface area contributed by atoms with Crippen molar-refractivity contribution >= 4 is 17.6 Å². The first kappa shape index (κ1) is 14.6. The van der Waals surface area contributed by atoms with E-state index >= 15 is 0 Å². The van der Waals surface area contributed by atoms with Gasteiger partial charge in [0.2, 0.25) is 0 Å². The maximum Gasteiger partial charge on any atom is 0.326 e. The standard InChI is InChI=1S/C14H23ClO2/c1-5-7-13(8-6-2)11(9-10(3)4)14(13,15)12(16)17/h9,11H,5-8H2,1-4H3,(H,16,17). The highest BCUT2D eigenvalue weighted by Gasteiger charge is 2.78. The summed E-state index contributed by atoms with van der Waals surface area (Å²) in [5.74, 6) is -0.873. The fourth-order valence-corrected chi connectivity index (χ4v) is 3.75. The maximum atomic E-state index is 11.5. The average Bonchev–Trinajstić information content (AvgIpc) is 2.69. The van der Waals surface area contributed by atoms with Gasteiger partial charge in [-0.1, -0.05) is 38.3 Å². The van der Waals surface area contributed by atoms with Crippen LogP contribution in [0, 0.1) is 11.3 Å². The zero-order chi connectivity index (χ0) is 13.3. The molecule has 2 nitrogen and oxygen atoms in total. The minimum absolute atomic E-state index is 0.0148. The van der Waals surface area contributed by atoms with E-state index < -0.39 is 10.8 Å². The molecule has 1 rings (SSSR count). The van der Waals surface area contributed by atoms with Gasteiger partial charge in [-0.3, -0.25) is 4.79 Å². The Labute approximate surface area is 109 Å². The van der Waals surface area contributed by atoms with Crippen LogP contribution in [0.25, 0.3) is 0 Å². The molecule has 0 heterocycles. The molecule has 0 aromatic rings. The smallest absolute Gasteiger partial charge is 0.326 e. The van der Waals surface area contributed by atoms with Crippen molar-refractivity contribution in [1.29, 1.82) is 0 Å². The third-order valence-electron chi connectivity index (χ3n) is 3.87. The van der Waals surface area contributed by atoms with Gasteiger partial charge in [0, 0.05) is 11.3 Å². The molecule has 1 aliphatic rings. The average molecular weight is 259 g/mol. The minimum atomic E-state index is -1.07. The second-order valence-corrected chi connectivity index (χ2v) is 5.99. The second kappa shape index (κ2) is 5.01. The van der Waals surface area contributed by atoms with Crippen molar-refractivity contribution in [3.8, 4) is 0 Å². The summed E-state index contributed by atoms with van der Waals surface area (Å²) in [4.78, 5) is 10.4. The Morgan fingerprint density at radius 3 is 2.06 bits per heavy atom. The molecule has 1 N–H and O–H groups in total. The predicted octanol–water partition coefficient (Wildman–Crippen LogP) is 4.23. The van der Waals surface area contributed by atoms with Crippen molar-refractivity contribution in [3.05, 3.63) is 11.6 Å². The van der Waals surface area contributed by atoms with Crippen molar-refractivity contribution in [2.24, 2.45) is 11.3 Å². The number of carbonyl (C=O) groups is 1. The lowest BCUT2D eigenvalue weighted by Crippen LogP contribution is -2.24. The first-order valence-electron chi connectivity index (χ1n) is 6.44. The molecular formula is C14H23ClO2. The third-order valence-corrected chi connectivity index (χ3v) is 4.64. The number of carboxylic acid groups (broad SMARTS) is 1. The molecule has 0 amide bonds. The highest BCUT2D eigenvalue weighted by molar-refractivity contribution is 6.37. The van der Waals surface area contributed by atoms with Gasteiger partial charge in [-0.05, 0) is 26.7 Å². The first-order valence-corrected chi connectivity index (χ1v) is 6.82. The molecule has 2 unspecified atom stereocenters. The summed E-state index contributed by atoms with van der Waals surface area (Å²) < 4.78 is 0. The summed E-state index contributed by atoms with van der Waals surface area (Å²) in [6, 6.07) is 0. The Morgan fingerprint density at radius 1 is 1.29 bits per heavy atom. The molecule has 0 spiro atoms. The van der Waals surface area contributed by atoms with Crippen molar-refractivity contribution < 1.29 is 9.90 Å². The lowest BCUT2D eigenvalue weighted by Gasteiger charge is -2.17. The molecule has 0 aliphatic heterocycles. The Hall–Kier alpha value is -0.500. The molecule has 0 radical (unpaired) electrons. The fourth-order valence-electron chi connectivity index (χ4n) is 3.23. The molecule has 3 heteroatoms. The van der Waals surface area contributed by atoms with Gasteiger partial charge >= 0.3 is 5.97 Å². The summed E-state index contributed by atoms with van der Waals surface area (Å²) in [6.07, 6.45) is 5.80. The highest BCUT2D eigenvalue weighted by Crippen LogP contribution is 2.72. The van der Waals surface area contributed by atoms with Crippen molar-refractivity contribution in [2.75, 3.05) is 0 Å². The Morgan fingerprint density at radius 2 is 1.76 bits per heavy atom. The van der Waals surface area contributed by atoms with Gasteiger partial charge in [0.25, 0.3) is 0 Å². The maximum absolute atomic E-state index is 11.5. The van der Waals surface area contributed by atoms with Crippen LogP contribution in [-0.4, -0.2) is 16.0 Å². The quantitative estimate of drug-likeness (QED) is 0.572. The Balaban J connectivity index is 3.10. The lowest BCUT2D eigenvalue weighted by molar-refractivity contribution is -0.138. The van der Waals surface area contributed by atoms with Crippen LogP contribution < -0.4 is 0 Å². The molecule has 0 saturated heterocycles. The number of hydrogen-bond acceptors (Lipinski definition) is 1. The predicted molar refractivity (Wildman–Crippen MR) is 71.4 cm³/mol. The van der Waals surface area contributed by atoms with Gasteiger partial charge in [-0.25, -0.2) is 0 Å².